The second kappa shape index (κ2) is 6.48. The predicted octanol–water partition coefficient (Wildman–Crippen LogP) is 2.77. The molecule has 0 atom stereocenters. The van der Waals surface area contributed by atoms with Crippen molar-refractivity contribution in [1.82, 2.24) is 9.72 Å². The number of pyridine rings is 1. The normalized spacial score (nSPS) is 11.3. The highest BCUT2D eigenvalue weighted by Gasteiger charge is 2.33. The molecule has 0 bridgehead atoms. The number of rotatable bonds is 5. The van der Waals surface area contributed by atoms with Crippen LogP contribution in [0.3, 0.4) is 0 Å². The molecule has 0 aliphatic rings. The smallest absolute Gasteiger partial charge is 0.328 e. The lowest BCUT2D eigenvalue weighted by molar-refractivity contribution is -0.145. The number of aromatic nitrogens is 1. The Labute approximate surface area is 150 Å². The largest absolute Gasteiger partial charge is 0.480 e. The lowest BCUT2D eigenvalue weighted by atomic mass is 10.0. The summed E-state index contributed by atoms with van der Waals surface area (Å²) in [6.07, 6.45) is 1.70. The lowest BCUT2D eigenvalue weighted by Crippen LogP contribution is -2.52. The van der Waals surface area contributed by atoms with Crippen LogP contribution < -0.4 is 5.32 Å². The van der Waals surface area contributed by atoms with Crippen molar-refractivity contribution in [3.8, 4) is 11.1 Å². The summed E-state index contributed by atoms with van der Waals surface area (Å²) in [6, 6.07) is 16.5. The first kappa shape index (κ1) is 17.4. The summed E-state index contributed by atoms with van der Waals surface area (Å²) in [5.74, 6) is -2.97. The maximum atomic E-state index is 12.9. The van der Waals surface area contributed by atoms with Crippen LogP contribution >= 0.6 is 0 Å². The molecule has 0 aliphatic carbocycles. The van der Waals surface area contributed by atoms with Gasteiger partial charge in [-0.3, -0.25) is 9.59 Å². The van der Waals surface area contributed by atoms with E-state index in [9.17, 15) is 19.5 Å². The molecule has 0 aliphatic heterocycles. The number of nitrogens with zero attached hydrogens (tertiary/aromatic N) is 1. The van der Waals surface area contributed by atoms with Crippen LogP contribution in [-0.2, 0) is 9.59 Å². The Morgan fingerprint density at radius 3 is 2.31 bits per heavy atom. The molecule has 0 saturated carbocycles. The number of carboxylic acids is 1. The zero-order valence-electron chi connectivity index (χ0n) is 14.4. The van der Waals surface area contributed by atoms with Gasteiger partial charge in [0.05, 0.1) is 0 Å². The summed E-state index contributed by atoms with van der Waals surface area (Å²) in [5.41, 5.74) is 0.826. The van der Waals surface area contributed by atoms with Gasteiger partial charge >= 0.3 is 5.97 Å². The first-order chi connectivity index (χ1) is 12.3. The van der Waals surface area contributed by atoms with Crippen LogP contribution in [0.4, 0.5) is 0 Å². The number of nitrogens with one attached hydrogen (secondary N) is 1. The molecule has 1 aromatic carbocycles. The maximum Gasteiger partial charge on any atom is 0.328 e. The van der Waals surface area contributed by atoms with Gasteiger partial charge < -0.3 is 14.8 Å². The highest BCUT2D eigenvalue weighted by atomic mass is 16.4. The Balaban J connectivity index is 2.10. The predicted molar refractivity (Wildman–Crippen MR) is 97.0 cm³/mol. The van der Waals surface area contributed by atoms with Crippen LogP contribution in [0.15, 0.2) is 60.8 Å². The first-order valence-electron chi connectivity index (χ1n) is 8.07. The van der Waals surface area contributed by atoms with Gasteiger partial charge in [0.1, 0.15) is 11.2 Å². The van der Waals surface area contributed by atoms with E-state index in [1.807, 2.05) is 48.5 Å². The van der Waals surface area contributed by atoms with Gasteiger partial charge in [-0.15, -0.1) is 0 Å². The molecule has 2 aromatic heterocycles. The van der Waals surface area contributed by atoms with Crippen LogP contribution in [0.25, 0.3) is 16.6 Å². The van der Waals surface area contributed by atoms with Crippen molar-refractivity contribution in [3.05, 3.63) is 66.5 Å². The number of Topliss-reactive ketones (excluding diaryl/α,β-unsaturated/α-hetero) is 1. The second-order valence-electron chi connectivity index (χ2n) is 6.48. The fourth-order valence-corrected chi connectivity index (χ4v) is 2.69. The van der Waals surface area contributed by atoms with Gasteiger partial charge in [0.2, 0.25) is 0 Å². The summed E-state index contributed by atoms with van der Waals surface area (Å²) < 4.78 is 1.64. The highest BCUT2D eigenvalue weighted by Crippen LogP contribution is 2.28. The third kappa shape index (κ3) is 3.09. The van der Waals surface area contributed by atoms with E-state index in [4.69, 9.17) is 0 Å². The quantitative estimate of drug-likeness (QED) is 0.547. The van der Waals surface area contributed by atoms with Crippen molar-refractivity contribution in [2.24, 2.45) is 0 Å². The number of hydrogen-bond acceptors (Lipinski definition) is 3. The molecule has 132 valence electrons. The number of amides is 1. The molecule has 3 rings (SSSR count). The first-order valence-corrected chi connectivity index (χ1v) is 8.07. The molecule has 0 fully saturated rings. The Hall–Kier alpha value is -3.41. The molecule has 0 saturated heterocycles. The standard InChI is InChI=1S/C20H18N2O4/c1-20(2,19(25)26)21-18(24)17(23)16-15(13-8-4-3-5-9-13)12-14-10-6-7-11-22(14)16/h3-12H,1-2H3,(H,21,24)(H,25,26). The molecule has 3 aromatic rings. The molecular formula is C20H18N2O4. The van der Waals surface area contributed by atoms with Crippen molar-refractivity contribution in [2.45, 2.75) is 19.4 Å². The van der Waals surface area contributed by atoms with E-state index in [0.717, 1.165) is 11.1 Å². The van der Waals surface area contributed by atoms with E-state index in [1.54, 1.807) is 16.7 Å². The minimum atomic E-state index is -1.55. The summed E-state index contributed by atoms with van der Waals surface area (Å²) >= 11 is 0. The number of fused-ring (bicyclic) bond motifs is 1. The topological polar surface area (TPSA) is 87.9 Å². The van der Waals surface area contributed by atoms with Crippen molar-refractivity contribution in [3.63, 3.8) is 0 Å². The van der Waals surface area contributed by atoms with Crippen LogP contribution in [0.5, 0.6) is 0 Å². The number of carbonyl (C=O) groups excluding carboxylic acids is 2. The fraction of sp³-hybridized carbons (Fsp3) is 0.150. The van der Waals surface area contributed by atoms with Gasteiger partial charge in [0, 0.05) is 17.3 Å². The van der Waals surface area contributed by atoms with Crippen molar-refractivity contribution >= 4 is 23.2 Å². The van der Waals surface area contributed by atoms with Crippen LogP contribution in [0, 0.1) is 0 Å². The zero-order valence-corrected chi connectivity index (χ0v) is 14.4. The maximum absolute atomic E-state index is 12.9. The molecule has 26 heavy (non-hydrogen) atoms. The van der Waals surface area contributed by atoms with Gasteiger partial charge in [0.15, 0.2) is 0 Å². The second-order valence-corrected chi connectivity index (χ2v) is 6.48. The average Bonchev–Trinajstić information content (AvgIpc) is 3.00. The van der Waals surface area contributed by atoms with Gasteiger partial charge in [0.25, 0.3) is 11.7 Å². The molecule has 6 nitrogen and oxygen atoms in total. The Kier molecular flexibility index (Phi) is 4.34. The Bertz CT molecular complexity index is 1000. The van der Waals surface area contributed by atoms with Gasteiger partial charge in [-0.05, 0) is 37.6 Å². The van der Waals surface area contributed by atoms with E-state index in [-0.39, 0.29) is 5.69 Å². The number of benzene rings is 1. The van der Waals surface area contributed by atoms with E-state index >= 15 is 0 Å². The molecule has 0 spiro atoms. The lowest BCUT2D eigenvalue weighted by Gasteiger charge is -2.20. The molecule has 0 radical (unpaired) electrons. The van der Waals surface area contributed by atoms with Gasteiger partial charge in [-0.1, -0.05) is 36.4 Å². The van der Waals surface area contributed by atoms with Gasteiger partial charge in [-0.2, -0.15) is 0 Å². The average molecular weight is 350 g/mol. The third-order valence-electron chi connectivity index (χ3n) is 4.15. The summed E-state index contributed by atoms with van der Waals surface area (Å²) in [5, 5.41) is 11.5. The fourth-order valence-electron chi connectivity index (χ4n) is 2.69. The molecule has 2 N–H and O–H groups in total. The van der Waals surface area contributed by atoms with Crippen molar-refractivity contribution < 1.29 is 19.5 Å². The van der Waals surface area contributed by atoms with Crippen LogP contribution in [-0.4, -0.2) is 32.7 Å². The summed E-state index contributed by atoms with van der Waals surface area (Å²) in [7, 11) is 0. The van der Waals surface area contributed by atoms with Gasteiger partial charge in [-0.25, -0.2) is 4.79 Å². The van der Waals surface area contributed by atoms with Crippen molar-refractivity contribution in [2.75, 3.05) is 0 Å². The summed E-state index contributed by atoms with van der Waals surface area (Å²) in [4.78, 5) is 36.6. The SMILES string of the molecule is CC(C)(NC(=O)C(=O)c1c(-c2ccccc2)cc2ccccn12)C(=O)O. The van der Waals surface area contributed by atoms with E-state index in [1.165, 1.54) is 13.8 Å². The number of carbonyl (C=O) groups is 3. The van der Waals surface area contributed by atoms with E-state index < -0.39 is 23.2 Å². The third-order valence-corrected chi connectivity index (χ3v) is 4.15. The van der Waals surface area contributed by atoms with E-state index in [2.05, 4.69) is 5.32 Å². The molecule has 6 heteroatoms. The monoisotopic (exact) mass is 350 g/mol. The molecule has 1 amide bonds. The minimum absolute atomic E-state index is 0.200. The molecule has 2 heterocycles. The van der Waals surface area contributed by atoms with Crippen LogP contribution in [0.1, 0.15) is 24.3 Å². The number of carboxylic acid groups (broad SMARTS) is 1. The number of aliphatic carboxylic acids is 1. The Morgan fingerprint density at radius 1 is 1.00 bits per heavy atom. The highest BCUT2D eigenvalue weighted by molar-refractivity contribution is 6.44. The molecular weight excluding hydrogens is 332 g/mol. The number of hydrogen-bond donors (Lipinski definition) is 2. The summed E-state index contributed by atoms with van der Waals surface area (Å²) in [6.45, 7) is 2.66. The van der Waals surface area contributed by atoms with Crippen molar-refractivity contribution in [1.29, 1.82) is 0 Å². The van der Waals surface area contributed by atoms with Crippen LogP contribution in [0.2, 0.25) is 0 Å². The van der Waals surface area contributed by atoms with E-state index in [0.29, 0.717) is 5.56 Å². The molecule has 0 unspecified atom stereocenters. The number of ketones is 1. The Morgan fingerprint density at radius 2 is 1.65 bits per heavy atom. The minimum Gasteiger partial charge on any atom is -0.480 e. The zero-order chi connectivity index (χ0) is 18.9.